The molecule has 2 rings (SSSR count). The molecule has 2 aromatic rings. The SMILES string of the molecule is CCOc1cc(C=NNC(=O)CC(=O)Nc2ccccc2OC)cc(I)c1OC(C)C. The molecule has 0 saturated heterocycles. The average Bonchev–Trinajstić information content (AvgIpc) is 2.71. The van der Waals surface area contributed by atoms with Gasteiger partial charge >= 0.3 is 0 Å². The number of anilines is 1. The minimum atomic E-state index is -0.539. The third-order valence-electron chi connectivity index (χ3n) is 3.79. The molecular weight excluding hydrogens is 513 g/mol. The Hall–Kier alpha value is -2.82. The van der Waals surface area contributed by atoms with Gasteiger partial charge in [0, 0.05) is 0 Å². The summed E-state index contributed by atoms with van der Waals surface area (Å²) in [5.41, 5.74) is 3.58. The Morgan fingerprint density at radius 1 is 1.16 bits per heavy atom. The maximum Gasteiger partial charge on any atom is 0.249 e. The fourth-order valence-electron chi connectivity index (χ4n) is 2.58. The van der Waals surface area contributed by atoms with Gasteiger partial charge in [-0.05, 0) is 73.2 Å². The van der Waals surface area contributed by atoms with Crippen LogP contribution in [0.5, 0.6) is 17.2 Å². The minimum absolute atomic E-state index is 0.00790. The number of ether oxygens (including phenoxy) is 3. The fraction of sp³-hybridized carbons (Fsp3) is 0.318. The van der Waals surface area contributed by atoms with Gasteiger partial charge < -0.3 is 19.5 Å². The van der Waals surface area contributed by atoms with Gasteiger partial charge in [-0.2, -0.15) is 5.10 Å². The van der Waals surface area contributed by atoms with Gasteiger partial charge in [0.05, 0.1) is 35.3 Å². The summed E-state index contributed by atoms with van der Waals surface area (Å²) in [6.45, 7) is 6.27. The first kappa shape index (κ1) is 24.4. The monoisotopic (exact) mass is 539 g/mol. The molecule has 31 heavy (non-hydrogen) atoms. The number of rotatable bonds is 10. The highest BCUT2D eigenvalue weighted by atomic mass is 127. The lowest BCUT2D eigenvalue weighted by atomic mass is 10.2. The van der Waals surface area contributed by atoms with E-state index in [1.807, 2.05) is 26.8 Å². The second-order valence-electron chi connectivity index (χ2n) is 6.65. The molecule has 0 spiro atoms. The number of nitrogens with zero attached hydrogens (tertiary/aromatic N) is 1. The van der Waals surface area contributed by atoms with Crippen LogP contribution in [0.3, 0.4) is 0 Å². The maximum absolute atomic E-state index is 12.1. The number of benzene rings is 2. The molecule has 0 unspecified atom stereocenters. The maximum atomic E-state index is 12.1. The van der Waals surface area contributed by atoms with Crippen LogP contribution in [0.1, 0.15) is 32.8 Å². The molecule has 0 aliphatic rings. The largest absolute Gasteiger partial charge is 0.495 e. The Labute approximate surface area is 195 Å². The number of carbonyl (C=O) groups excluding carboxylic acids is 2. The predicted molar refractivity (Wildman–Crippen MR) is 128 cm³/mol. The van der Waals surface area contributed by atoms with Gasteiger partial charge in [0.25, 0.3) is 0 Å². The fourth-order valence-corrected chi connectivity index (χ4v) is 3.33. The third kappa shape index (κ3) is 7.74. The molecule has 0 bridgehead atoms. The van der Waals surface area contributed by atoms with Crippen LogP contribution in [0.15, 0.2) is 41.5 Å². The summed E-state index contributed by atoms with van der Waals surface area (Å²) in [6.07, 6.45) is 1.12. The van der Waals surface area contributed by atoms with Gasteiger partial charge in [0.15, 0.2) is 11.5 Å². The Balaban J connectivity index is 1.98. The zero-order valence-electron chi connectivity index (χ0n) is 17.9. The third-order valence-corrected chi connectivity index (χ3v) is 4.59. The molecule has 0 aliphatic heterocycles. The second kappa shape index (κ2) is 12.1. The molecule has 0 aromatic heterocycles. The number of halogens is 1. The first-order valence-corrected chi connectivity index (χ1v) is 10.8. The molecule has 0 atom stereocenters. The standard InChI is InChI=1S/C22H26IN3O5/c1-5-30-19-11-15(10-16(23)22(19)31-14(2)3)13-24-26-21(28)12-20(27)25-17-8-6-7-9-18(17)29-4/h6-11,13-14H,5,12H2,1-4H3,(H,25,27)(H,26,28). The van der Waals surface area contributed by atoms with E-state index in [0.29, 0.717) is 29.5 Å². The van der Waals surface area contributed by atoms with Crippen molar-refractivity contribution >= 4 is 46.3 Å². The summed E-state index contributed by atoms with van der Waals surface area (Å²) in [6, 6.07) is 10.6. The molecule has 0 heterocycles. The van der Waals surface area contributed by atoms with Crippen LogP contribution < -0.4 is 25.0 Å². The summed E-state index contributed by atoms with van der Waals surface area (Å²) < 4.78 is 17.5. The molecule has 2 amide bonds. The lowest BCUT2D eigenvalue weighted by molar-refractivity contribution is -0.126. The number of amides is 2. The van der Waals surface area contributed by atoms with Crippen LogP contribution in [-0.2, 0) is 9.59 Å². The molecule has 0 fully saturated rings. The van der Waals surface area contributed by atoms with Gasteiger partial charge in [-0.15, -0.1) is 0 Å². The Kier molecular flexibility index (Phi) is 9.57. The van der Waals surface area contributed by atoms with Crippen LogP contribution in [-0.4, -0.2) is 37.8 Å². The van der Waals surface area contributed by atoms with Gasteiger partial charge in [0.2, 0.25) is 11.8 Å². The number of hydrogen-bond acceptors (Lipinski definition) is 6. The first-order valence-electron chi connectivity index (χ1n) is 9.71. The van der Waals surface area contributed by atoms with E-state index < -0.39 is 11.8 Å². The summed E-state index contributed by atoms with van der Waals surface area (Å²) in [7, 11) is 1.51. The van der Waals surface area contributed by atoms with E-state index >= 15 is 0 Å². The van der Waals surface area contributed by atoms with Crippen molar-refractivity contribution in [3.63, 3.8) is 0 Å². The minimum Gasteiger partial charge on any atom is -0.495 e. The van der Waals surface area contributed by atoms with Crippen molar-refractivity contribution in [1.29, 1.82) is 0 Å². The van der Waals surface area contributed by atoms with E-state index in [0.717, 1.165) is 9.13 Å². The highest BCUT2D eigenvalue weighted by Gasteiger charge is 2.14. The van der Waals surface area contributed by atoms with Gasteiger partial charge in [-0.25, -0.2) is 5.43 Å². The van der Waals surface area contributed by atoms with Crippen molar-refractivity contribution in [3.8, 4) is 17.2 Å². The summed E-state index contributed by atoms with van der Waals surface area (Å²) in [5, 5.41) is 6.58. The zero-order chi connectivity index (χ0) is 22.8. The molecule has 0 radical (unpaired) electrons. The van der Waals surface area contributed by atoms with Gasteiger partial charge in [-0.3, -0.25) is 9.59 Å². The van der Waals surface area contributed by atoms with Crippen molar-refractivity contribution in [2.24, 2.45) is 5.10 Å². The van der Waals surface area contributed by atoms with Crippen LogP contribution in [0.2, 0.25) is 0 Å². The molecule has 0 aliphatic carbocycles. The smallest absolute Gasteiger partial charge is 0.249 e. The second-order valence-corrected chi connectivity index (χ2v) is 7.81. The van der Waals surface area contributed by atoms with Crippen LogP contribution >= 0.6 is 22.6 Å². The summed E-state index contributed by atoms with van der Waals surface area (Å²) >= 11 is 2.16. The zero-order valence-corrected chi connectivity index (χ0v) is 20.1. The molecule has 8 nitrogen and oxygen atoms in total. The van der Waals surface area contributed by atoms with E-state index in [9.17, 15) is 9.59 Å². The van der Waals surface area contributed by atoms with Crippen LogP contribution in [0, 0.1) is 3.57 Å². The number of nitrogens with one attached hydrogen (secondary N) is 2. The average molecular weight is 539 g/mol. The van der Waals surface area contributed by atoms with E-state index in [1.165, 1.54) is 13.3 Å². The number of methoxy groups -OCH3 is 1. The van der Waals surface area contributed by atoms with E-state index in [2.05, 4.69) is 38.4 Å². The van der Waals surface area contributed by atoms with E-state index in [4.69, 9.17) is 14.2 Å². The molecule has 2 N–H and O–H groups in total. The Bertz CT molecular complexity index is 947. The number of hydrogen-bond donors (Lipinski definition) is 2. The molecule has 2 aromatic carbocycles. The lowest BCUT2D eigenvalue weighted by Gasteiger charge is -2.16. The molecule has 166 valence electrons. The van der Waals surface area contributed by atoms with Crippen molar-refractivity contribution in [2.75, 3.05) is 19.0 Å². The lowest BCUT2D eigenvalue weighted by Crippen LogP contribution is -2.24. The van der Waals surface area contributed by atoms with Crippen molar-refractivity contribution < 1.29 is 23.8 Å². The summed E-state index contributed by atoms with van der Waals surface area (Å²) in [4.78, 5) is 24.1. The van der Waals surface area contributed by atoms with Crippen LogP contribution in [0.25, 0.3) is 0 Å². The van der Waals surface area contributed by atoms with Crippen molar-refractivity contribution in [3.05, 3.63) is 45.5 Å². The predicted octanol–water partition coefficient (Wildman–Crippen LogP) is 3.96. The number of para-hydroxylation sites is 2. The first-order chi connectivity index (χ1) is 14.8. The molecule has 0 saturated carbocycles. The quantitative estimate of drug-likeness (QED) is 0.206. The van der Waals surface area contributed by atoms with E-state index in [1.54, 1.807) is 30.3 Å². The van der Waals surface area contributed by atoms with E-state index in [-0.39, 0.29) is 12.5 Å². The molecular formula is C22H26IN3O5. The number of hydrazone groups is 1. The van der Waals surface area contributed by atoms with Gasteiger partial charge in [-0.1, -0.05) is 12.1 Å². The Morgan fingerprint density at radius 2 is 1.90 bits per heavy atom. The van der Waals surface area contributed by atoms with Crippen molar-refractivity contribution in [2.45, 2.75) is 33.3 Å². The number of carbonyl (C=O) groups is 2. The highest BCUT2D eigenvalue weighted by Crippen LogP contribution is 2.34. The Morgan fingerprint density at radius 3 is 2.58 bits per heavy atom. The normalized spacial score (nSPS) is 10.8. The van der Waals surface area contributed by atoms with Crippen LogP contribution in [0.4, 0.5) is 5.69 Å². The van der Waals surface area contributed by atoms with Gasteiger partial charge in [0.1, 0.15) is 12.2 Å². The topological polar surface area (TPSA) is 98.2 Å². The summed E-state index contributed by atoms with van der Waals surface area (Å²) in [5.74, 6) is 0.779. The van der Waals surface area contributed by atoms with Crippen molar-refractivity contribution in [1.82, 2.24) is 5.43 Å². The molecule has 9 heteroatoms. The highest BCUT2D eigenvalue weighted by molar-refractivity contribution is 14.1.